The van der Waals surface area contributed by atoms with Gasteiger partial charge in [-0.3, -0.25) is 0 Å². The fourth-order valence-corrected chi connectivity index (χ4v) is 3.21. The average Bonchev–Trinajstić information content (AvgIpc) is 3.08. The molecule has 1 fully saturated rings. The van der Waals surface area contributed by atoms with Gasteiger partial charge in [0.15, 0.2) is 0 Å². The summed E-state index contributed by atoms with van der Waals surface area (Å²) in [5.41, 5.74) is 0.641. The Morgan fingerprint density at radius 1 is 1.19 bits per heavy atom. The number of benzene rings is 2. The van der Waals surface area contributed by atoms with Gasteiger partial charge < -0.3 is 15.3 Å². The molecule has 0 radical (unpaired) electrons. The second-order valence-electron chi connectivity index (χ2n) is 6.33. The molecule has 0 aromatic heterocycles. The molecule has 1 unspecified atom stereocenters. The summed E-state index contributed by atoms with van der Waals surface area (Å²) in [5.74, 6) is -0.984. The van der Waals surface area contributed by atoms with E-state index in [0.29, 0.717) is 19.6 Å². The topological polar surface area (TPSA) is 52.6 Å². The van der Waals surface area contributed by atoms with Crippen LogP contribution in [0.4, 0.5) is 18.9 Å². The van der Waals surface area contributed by atoms with Gasteiger partial charge in [-0.25, -0.2) is 4.79 Å². The van der Waals surface area contributed by atoms with Gasteiger partial charge in [-0.1, -0.05) is 24.3 Å². The van der Waals surface area contributed by atoms with Crippen molar-refractivity contribution in [1.82, 2.24) is 5.32 Å². The van der Waals surface area contributed by atoms with E-state index in [-0.39, 0.29) is 17.3 Å². The lowest BCUT2D eigenvalue weighted by molar-refractivity contribution is -0.137. The van der Waals surface area contributed by atoms with Crippen molar-refractivity contribution in [1.29, 1.82) is 0 Å². The van der Waals surface area contributed by atoms with Crippen molar-refractivity contribution < 1.29 is 23.1 Å². The monoisotopic (exact) mass is 364 g/mol. The summed E-state index contributed by atoms with van der Waals surface area (Å²) in [4.78, 5) is 12.8. The second kappa shape index (κ2) is 7.37. The number of carboxylic acids is 1. The van der Waals surface area contributed by atoms with Gasteiger partial charge in [0.2, 0.25) is 0 Å². The van der Waals surface area contributed by atoms with Crippen LogP contribution in [0.5, 0.6) is 0 Å². The lowest BCUT2D eigenvalue weighted by atomic mass is 10.1. The van der Waals surface area contributed by atoms with Crippen LogP contribution in [-0.2, 0) is 12.7 Å². The molecule has 0 spiro atoms. The summed E-state index contributed by atoms with van der Waals surface area (Å²) in [5, 5.41) is 12.3. The molecule has 0 saturated carbocycles. The first-order valence-electron chi connectivity index (χ1n) is 8.31. The molecule has 2 N–H and O–H groups in total. The van der Waals surface area contributed by atoms with Crippen LogP contribution in [-0.4, -0.2) is 30.2 Å². The van der Waals surface area contributed by atoms with Gasteiger partial charge in [-0.2, -0.15) is 13.2 Å². The number of aromatic carboxylic acids is 1. The van der Waals surface area contributed by atoms with Crippen LogP contribution in [0, 0.1) is 0 Å². The summed E-state index contributed by atoms with van der Waals surface area (Å²) >= 11 is 0. The van der Waals surface area contributed by atoms with Crippen LogP contribution in [0.1, 0.15) is 27.9 Å². The van der Waals surface area contributed by atoms with Gasteiger partial charge in [0.05, 0.1) is 11.1 Å². The van der Waals surface area contributed by atoms with Gasteiger partial charge >= 0.3 is 12.1 Å². The average molecular weight is 364 g/mol. The minimum atomic E-state index is -4.38. The SMILES string of the molecule is O=C(O)c1cccc(CNC2CCN(c3ccccc3C(F)(F)F)C2)c1. The van der Waals surface area contributed by atoms with Crippen LogP contribution >= 0.6 is 0 Å². The van der Waals surface area contributed by atoms with E-state index < -0.39 is 17.7 Å². The highest BCUT2D eigenvalue weighted by molar-refractivity contribution is 5.87. The van der Waals surface area contributed by atoms with Crippen molar-refractivity contribution in [2.75, 3.05) is 18.0 Å². The van der Waals surface area contributed by atoms with E-state index >= 15 is 0 Å². The quantitative estimate of drug-likeness (QED) is 0.848. The molecule has 26 heavy (non-hydrogen) atoms. The van der Waals surface area contributed by atoms with E-state index in [9.17, 15) is 18.0 Å². The van der Waals surface area contributed by atoms with E-state index in [2.05, 4.69) is 5.32 Å². The minimum Gasteiger partial charge on any atom is -0.478 e. The zero-order valence-electron chi connectivity index (χ0n) is 14.0. The predicted octanol–water partition coefficient (Wildman–Crippen LogP) is 3.77. The number of anilines is 1. The molecule has 138 valence electrons. The summed E-state index contributed by atoms with van der Waals surface area (Å²) in [6.45, 7) is 1.49. The van der Waals surface area contributed by atoms with Crippen molar-refractivity contribution in [3.05, 3.63) is 65.2 Å². The molecule has 2 aromatic rings. The van der Waals surface area contributed by atoms with Crippen molar-refractivity contribution >= 4 is 11.7 Å². The number of para-hydroxylation sites is 1. The normalized spacial score (nSPS) is 17.5. The zero-order chi connectivity index (χ0) is 18.7. The maximum absolute atomic E-state index is 13.2. The lowest BCUT2D eigenvalue weighted by Gasteiger charge is -2.23. The molecule has 0 amide bonds. The molecular weight excluding hydrogens is 345 g/mol. The second-order valence-corrected chi connectivity index (χ2v) is 6.33. The van der Waals surface area contributed by atoms with E-state index in [4.69, 9.17) is 5.11 Å². The first kappa shape index (κ1) is 18.3. The van der Waals surface area contributed by atoms with Crippen molar-refractivity contribution in [2.24, 2.45) is 0 Å². The molecule has 1 saturated heterocycles. The number of hydrogen-bond acceptors (Lipinski definition) is 3. The summed E-state index contributed by atoms with van der Waals surface area (Å²) in [6.07, 6.45) is -3.65. The molecule has 0 bridgehead atoms. The molecule has 3 rings (SSSR count). The third-order valence-corrected chi connectivity index (χ3v) is 4.51. The number of halogens is 3. The zero-order valence-corrected chi connectivity index (χ0v) is 14.0. The molecule has 7 heteroatoms. The molecular formula is C19H19F3N2O2. The number of rotatable bonds is 5. The summed E-state index contributed by atoms with van der Waals surface area (Å²) < 4.78 is 39.5. The van der Waals surface area contributed by atoms with Gasteiger partial charge in [-0.05, 0) is 36.2 Å². The van der Waals surface area contributed by atoms with Crippen LogP contribution in [0.15, 0.2) is 48.5 Å². The lowest BCUT2D eigenvalue weighted by Crippen LogP contribution is -2.32. The number of carbonyl (C=O) groups is 1. The Morgan fingerprint density at radius 2 is 1.96 bits per heavy atom. The first-order valence-corrected chi connectivity index (χ1v) is 8.31. The van der Waals surface area contributed by atoms with Crippen molar-refractivity contribution in [3.8, 4) is 0 Å². The fourth-order valence-electron chi connectivity index (χ4n) is 3.21. The van der Waals surface area contributed by atoms with Crippen molar-refractivity contribution in [2.45, 2.75) is 25.2 Å². The van der Waals surface area contributed by atoms with Gasteiger partial charge in [0, 0.05) is 31.4 Å². The molecule has 4 nitrogen and oxygen atoms in total. The van der Waals surface area contributed by atoms with E-state index in [0.717, 1.165) is 18.1 Å². The standard InChI is InChI=1S/C19H19F3N2O2/c20-19(21,22)16-6-1-2-7-17(16)24-9-8-15(12-24)23-11-13-4-3-5-14(10-13)18(25)26/h1-7,10,15,23H,8-9,11-12H2,(H,25,26). The number of alkyl halides is 3. The van der Waals surface area contributed by atoms with E-state index in [1.807, 2.05) is 6.07 Å². The number of nitrogens with zero attached hydrogens (tertiary/aromatic N) is 1. The Hall–Kier alpha value is -2.54. The Kier molecular flexibility index (Phi) is 5.18. The molecule has 1 aliphatic heterocycles. The Balaban J connectivity index is 1.63. The Bertz CT molecular complexity index is 792. The highest BCUT2D eigenvalue weighted by Crippen LogP contribution is 2.37. The Morgan fingerprint density at radius 3 is 2.69 bits per heavy atom. The van der Waals surface area contributed by atoms with Crippen LogP contribution in [0.25, 0.3) is 0 Å². The molecule has 2 aromatic carbocycles. The van der Waals surface area contributed by atoms with E-state index in [1.165, 1.54) is 18.2 Å². The third kappa shape index (κ3) is 4.16. The fraction of sp³-hybridized carbons (Fsp3) is 0.316. The Labute approximate surface area is 149 Å². The number of hydrogen-bond donors (Lipinski definition) is 2. The number of nitrogens with one attached hydrogen (secondary N) is 1. The molecule has 1 heterocycles. The highest BCUT2D eigenvalue weighted by atomic mass is 19.4. The smallest absolute Gasteiger partial charge is 0.418 e. The molecule has 1 atom stereocenters. The van der Waals surface area contributed by atoms with Crippen LogP contribution in [0.3, 0.4) is 0 Å². The number of carboxylic acid groups (broad SMARTS) is 1. The third-order valence-electron chi connectivity index (χ3n) is 4.51. The first-order chi connectivity index (χ1) is 12.3. The largest absolute Gasteiger partial charge is 0.478 e. The highest BCUT2D eigenvalue weighted by Gasteiger charge is 2.36. The molecule has 1 aliphatic rings. The van der Waals surface area contributed by atoms with Crippen LogP contribution in [0.2, 0.25) is 0 Å². The maximum atomic E-state index is 13.2. The maximum Gasteiger partial charge on any atom is 0.418 e. The van der Waals surface area contributed by atoms with Crippen molar-refractivity contribution in [3.63, 3.8) is 0 Å². The minimum absolute atomic E-state index is 0.0461. The summed E-state index contributed by atoms with van der Waals surface area (Å²) in [7, 11) is 0. The van der Waals surface area contributed by atoms with E-state index in [1.54, 1.807) is 23.1 Å². The predicted molar refractivity (Wildman–Crippen MR) is 92.3 cm³/mol. The van der Waals surface area contributed by atoms with Gasteiger partial charge in [0.1, 0.15) is 0 Å². The molecule has 0 aliphatic carbocycles. The van der Waals surface area contributed by atoms with Gasteiger partial charge in [0.25, 0.3) is 0 Å². The van der Waals surface area contributed by atoms with Crippen LogP contribution < -0.4 is 10.2 Å². The summed E-state index contributed by atoms with van der Waals surface area (Å²) in [6, 6.07) is 12.3. The van der Waals surface area contributed by atoms with Gasteiger partial charge in [-0.15, -0.1) is 0 Å².